The van der Waals surface area contributed by atoms with Crippen LogP contribution >= 0.6 is 0 Å². The van der Waals surface area contributed by atoms with Gasteiger partial charge >= 0.3 is 0 Å². The molecule has 5 heteroatoms. The molecule has 0 radical (unpaired) electrons. The Kier molecular flexibility index (Phi) is 5.74. The molecule has 1 amide bonds. The number of amides is 1. The quantitative estimate of drug-likeness (QED) is 0.662. The predicted octanol–water partition coefficient (Wildman–Crippen LogP) is 5.26. The fourth-order valence-electron chi connectivity index (χ4n) is 4.00. The number of fused-ring (bicyclic) bond motifs is 1. The van der Waals surface area contributed by atoms with Gasteiger partial charge in [-0.2, -0.15) is 0 Å². The highest BCUT2D eigenvalue weighted by Gasteiger charge is 2.23. The van der Waals surface area contributed by atoms with Gasteiger partial charge in [-0.1, -0.05) is 38.0 Å². The van der Waals surface area contributed by atoms with Crippen molar-refractivity contribution in [1.29, 1.82) is 0 Å². The normalized spacial score (nSPS) is 14.6. The zero-order valence-corrected chi connectivity index (χ0v) is 17.2. The second kappa shape index (κ2) is 8.60. The van der Waals surface area contributed by atoms with Gasteiger partial charge in [0.05, 0.1) is 11.3 Å². The fraction of sp³-hybridized carbons (Fsp3) is 0.375. The third kappa shape index (κ3) is 4.09. The zero-order chi connectivity index (χ0) is 20.2. The van der Waals surface area contributed by atoms with E-state index >= 15 is 0 Å². The molecule has 0 unspecified atom stereocenters. The number of hydrogen-bond acceptors (Lipinski definition) is 4. The molecule has 29 heavy (non-hydrogen) atoms. The van der Waals surface area contributed by atoms with Gasteiger partial charge < -0.3 is 10.2 Å². The maximum atomic E-state index is 13.5. The summed E-state index contributed by atoms with van der Waals surface area (Å²) < 4.78 is 0. The summed E-state index contributed by atoms with van der Waals surface area (Å²) >= 11 is 0. The minimum atomic E-state index is 0.0540. The number of likely N-dealkylation sites (tertiary alicyclic amines) is 1. The van der Waals surface area contributed by atoms with E-state index in [-0.39, 0.29) is 5.91 Å². The molecule has 150 valence electrons. The monoisotopic (exact) mass is 388 g/mol. The van der Waals surface area contributed by atoms with E-state index in [2.05, 4.69) is 34.3 Å². The van der Waals surface area contributed by atoms with Gasteiger partial charge in [-0.15, -0.1) is 0 Å². The van der Waals surface area contributed by atoms with Gasteiger partial charge in [0.1, 0.15) is 0 Å². The summed E-state index contributed by atoms with van der Waals surface area (Å²) in [6, 6.07) is 12.2. The topological polar surface area (TPSA) is 58.1 Å². The third-order valence-electron chi connectivity index (χ3n) is 5.65. The van der Waals surface area contributed by atoms with Crippen molar-refractivity contribution >= 4 is 28.3 Å². The number of carbonyl (C=O) groups excluding carboxylic acids is 1. The molecule has 2 aromatic heterocycles. The van der Waals surface area contributed by atoms with Crippen LogP contribution in [0.1, 0.15) is 54.2 Å². The number of pyridine rings is 2. The summed E-state index contributed by atoms with van der Waals surface area (Å²) in [6.07, 6.45) is 7.12. The lowest BCUT2D eigenvalue weighted by molar-refractivity contribution is 0.0762. The summed E-state index contributed by atoms with van der Waals surface area (Å²) in [5, 5.41) is 4.44. The lowest BCUT2D eigenvalue weighted by atomic mass is 10.1. The molecule has 1 aliphatic heterocycles. The number of aromatic nitrogens is 2. The van der Waals surface area contributed by atoms with E-state index in [9.17, 15) is 4.79 Å². The van der Waals surface area contributed by atoms with Crippen molar-refractivity contribution in [2.45, 2.75) is 46.0 Å². The molecule has 0 spiro atoms. The zero-order valence-electron chi connectivity index (χ0n) is 17.2. The van der Waals surface area contributed by atoms with Crippen LogP contribution in [0.25, 0.3) is 11.0 Å². The Bertz CT molecular complexity index is 1020. The molecular formula is C24H28N4O. The minimum Gasteiger partial charge on any atom is -0.354 e. The minimum absolute atomic E-state index is 0.0540. The van der Waals surface area contributed by atoms with Gasteiger partial charge in [-0.05, 0) is 49.9 Å². The molecule has 1 fully saturated rings. The van der Waals surface area contributed by atoms with Gasteiger partial charge in [0.2, 0.25) is 0 Å². The summed E-state index contributed by atoms with van der Waals surface area (Å²) in [4.78, 5) is 24.5. The molecule has 1 aromatic carbocycles. The first-order valence-electron chi connectivity index (χ1n) is 10.6. The Morgan fingerprint density at radius 2 is 1.83 bits per heavy atom. The fourth-order valence-corrected chi connectivity index (χ4v) is 4.00. The summed E-state index contributed by atoms with van der Waals surface area (Å²) in [7, 11) is 0. The molecule has 3 heterocycles. The average Bonchev–Trinajstić information content (AvgIpc) is 3.03. The standard InChI is InChI=1S/C24H28N4O/c1-3-18-10-6-7-11-21(18)27-22-19-13-12-17(2)26-23(19)25-16-20(22)24(29)28-14-8-4-5-9-15-28/h6-7,10-13,16H,3-5,8-9,14-15H2,1-2H3,(H,25,26,27). The first-order valence-corrected chi connectivity index (χ1v) is 10.6. The molecule has 1 aliphatic rings. The Morgan fingerprint density at radius 1 is 1.07 bits per heavy atom. The summed E-state index contributed by atoms with van der Waals surface area (Å²) in [5.74, 6) is 0.0540. The van der Waals surface area contributed by atoms with Crippen LogP contribution in [0.15, 0.2) is 42.6 Å². The van der Waals surface area contributed by atoms with Gasteiger partial charge in [0.15, 0.2) is 5.65 Å². The Balaban J connectivity index is 1.82. The van der Waals surface area contributed by atoms with Crippen LogP contribution in [0.5, 0.6) is 0 Å². The van der Waals surface area contributed by atoms with Crippen molar-refractivity contribution in [3.05, 3.63) is 59.4 Å². The van der Waals surface area contributed by atoms with E-state index in [4.69, 9.17) is 0 Å². The number of carbonyl (C=O) groups is 1. The van der Waals surface area contributed by atoms with Crippen LogP contribution in [0, 0.1) is 6.92 Å². The highest BCUT2D eigenvalue weighted by atomic mass is 16.2. The van der Waals surface area contributed by atoms with E-state index in [1.54, 1.807) is 6.20 Å². The second-order valence-electron chi connectivity index (χ2n) is 7.71. The number of benzene rings is 1. The Labute approximate surface area is 172 Å². The van der Waals surface area contributed by atoms with Crippen LogP contribution in [0.4, 0.5) is 11.4 Å². The van der Waals surface area contributed by atoms with Crippen molar-refractivity contribution in [3.63, 3.8) is 0 Å². The van der Waals surface area contributed by atoms with Crippen LogP contribution in [-0.2, 0) is 6.42 Å². The molecule has 4 rings (SSSR count). The van der Waals surface area contributed by atoms with Gasteiger partial charge in [-0.25, -0.2) is 9.97 Å². The molecule has 3 aromatic rings. The van der Waals surface area contributed by atoms with E-state index in [0.717, 1.165) is 54.8 Å². The van der Waals surface area contributed by atoms with Crippen LogP contribution in [0.3, 0.4) is 0 Å². The van der Waals surface area contributed by atoms with Crippen LogP contribution < -0.4 is 5.32 Å². The maximum Gasteiger partial charge on any atom is 0.257 e. The van der Waals surface area contributed by atoms with Crippen molar-refractivity contribution < 1.29 is 4.79 Å². The van der Waals surface area contributed by atoms with Crippen molar-refractivity contribution in [2.75, 3.05) is 18.4 Å². The van der Waals surface area contributed by atoms with Crippen molar-refractivity contribution in [1.82, 2.24) is 14.9 Å². The summed E-state index contributed by atoms with van der Waals surface area (Å²) in [6.45, 7) is 5.72. The van der Waals surface area contributed by atoms with E-state index in [1.165, 1.54) is 18.4 Å². The van der Waals surface area contributed by atoms with Gasteiger partial charge in [-0.3, -0.25) is 4.79 Å². The number of rotatable bonds is 4. The first-order chi connectivity index (χ1) is 14.2. The largest absolute Gasteiger partial charge is 0.354 e. The molecule has 0 saturated carbocycles. The molecule has 5 nitrogen and oxygen atoms in total. The van der Waals surface area contributed by atoms with E-state index in [0.29, 0.717) is 11.2 Å². The van der Waals surface area contributed by atoms with Crippen LogP contribution in [0.2, 0.25) is 0 Å². The number of anilines is 2. The SMILES string of the molecule is CCc1ccccc1Nc1c(C(=O)N2CCCCCC2)cnc2nc(C)ccc12. The number of nitrogens with one attached hydrogen (secondary N) is 1. The van der Waals surface area contributed by atoms with E-state index in [1.807, 2.05) is 36.1 Å². The van der Waals surface area contributed by atoms with E-state index < -0.39 is 0 Å². The molecule has 0 aliphatic carbocycles. The number of para-hydroxylation sites is 1. The Hall–Kier alpha value is -2.95. The number of aryl methyl sites for hydroxylation is 2. The molecule has 0 bridgehead atoms. The lowest BCUT2D eigenvalue weighted by Crippen LogP contribution is -2.32. The average molecular weight is 389 g/mol. The second-order valence-corrected chi connectivity index (χ2v) is 7.71. The highest BCUT2D eigenvalue weighted by molar-refractivity contribution is 6.07. The maximum absolute atomic E-state index is 13.5. The molecule has 1 N–H and O–H groups in total. The lowest BCUT2D eigenvalue weighted by Gasteiger charge is -2.23. The van der Waals surface area contributed by atoms with Crippen molar-refractivity contribution in [3.8, 4) is 0 Å². The third-order valence-corrected chi connectivity index (χ3v) is 5.65. The number of hydrogen-bond donors (Lipinski definition) is 1. The Morgan fingerprint density at radius 3 is 2.59 bits per heavy atom. The molecule has 0 atom stereocenters. The highest BCUT2D eigenvalue weighted by Crippen LogP contribution is 2.31. The first kappa shape index (κ1) is 19.4. The van der Waals surface area contributed by atoms with Gasteiger partial charge in [0, 0.05) is 36.1 Å². The molecular weight excluding hydrogens is 360 g/mol. The van der Waals surface area contributed by atoms with Crippen molar-refractivity contribution in [2.24, 2.45) is 0 Å². The van der Waals surface area contributed by atoms with Gasteiger partial charge in [0.25, 0.3) is 5.91 Å². The smallest absolute Gasteiger partial charge is 0.257 e. The van der Waals surface area contributed by atoms with Crippen LogP contribution in [-0.4, -0.2) is 33.9 Å². The predicted molar refractivity (Wildman–Crippen MR) is 118 cm³/mol. The molecule has 1 saturated heterocycles. The number of nitrogens with zero attached hydrogens (tertiary/aromatic N) is 3. The summed E-state index contributed by atoms with van der Waals surface area (Å²) in [5.41, 5.74) is 5.23.